The van der Waals surface area contributed by atoms with Crippen LogP contribution in [0.3, 0.4) is 0 Å². The van der Waals surface area contributed by atoms with Crippen molar-refractivity contribution in [3.05, 3.63) is 83.4 Å². The van der Waals surface area contributed by atoms with Gasteiger partial charge in [0.2, 0.25) is 0 Å². The summed E-state index contributed by atoms with van der Waals surface area (Å²) in [6, 6.07) is 20.8. The summed E-state index contributed by atoms with van der Waals surface area (Å²) in [5.41, 5.74) is 2.55. The monoisotopic (exact) mass is 274 g/mol. The molecule has 0 radical (unpaired) electrons. The fraction of sp³-hybridized carbons (Fsp3) is 0.0588. The fourth-order valence-corrected chi connectivity index (χ4v) is 1.94. The van der Waals surface area contributed by atoms with E-state index < -0.39 is 0 Å². The van der Waals surface area contributed by atoms with Crippen molar-refractivity contribution in [2.75, 3.05) is 0 Å². The smallest absolute Gasteiger partial charge is 0.0184 e. The van der Waals surface area contributed by atoms with Crippen molar-refractivity contribution in [2.45, 2.75) is 6.42 Å². The summed E-state index contributed by atoms with van der Waals surface area (Å²) in [4.78, 5) is 0. The van der Waals surface area contributed by atoms with Crippen molar-refractivity contribution in [3.63, 3.8) is 0 Å². The summed E-state index contributed by atoms with van der Waals surface area (Å²) in [7, 11) is 0. The van der Waals surface area contributed by atoms with Crippen LogP contribution in [0.5, 0.6) is 0 Å². The summed E-state index contributed by atoms with van der Waals surface area (Å²) < 4.78 is 1.28. The van der Waals surface area contributed by atoms with Gasteiger partial charge in [0.25, 0.3) is 0 Å². The Labute approximate surface area is 117 Å². The topological polar surface area (TPSA) is 0 Å². The summed E-state index contributed by atoms with van der Waals surface area (Å²) in [6.45, 7) is 0. The van der Waals surface area contributed by atoms with Gasteiger partial charge in [-0.05, 0) is 11.1 Å². The van der Waals surface area contributed by atoms with Crippen LogP contribution in [0.15, 0.2) is 83.4 Å². The van der Waals surface area contributed by atoms with Crippen molar-refractivity contribution < 1.29 is 16.0 Å². The van der Waals surface area contributed by atoms with Crippen molar-refractivity contribution in [3.8, 4) is 11.1 Å². The molecule has 2 aromatic carbocycles. The first kappa shape index (κ1) is 12.9. The van der Waals surface area contributed by atoms with Gasteiger partial charge in [0, 0.05) is 0 Å². The molecule has 0 nitrogen and oxygen atoms in total. The maximum Gasteiger partial charge on any atom is -0.0184 e. The summed E-state index contributed by atoms with van der Waals surface area (Å²) in [5, 5.41) is 0. The van der Waals surface area contributed by atoms with E-state index in [1.54, 1.807) is 0 Å². The first-order chi connectivity index (χ1) is 8.86. The van der Waals surface area contributed by atoms with Crippen LogP contribution in [0.2, 0.25) is 0 Å². The van der Waals surface area contributed by atoms with Gasteiger partial charge in [-0.25, -0.2) is 0 Å². The van der Waals surface area contributed by atoms with Gasteiger partial charge in [-0.15, -0.1) is 0 Å². The fourth-order valence-electron chi connectivity index (χ4n) is 1.68. The van der Waals surface area contributed by atoms with Gasteiger partial charge in [0.05, 0.1) is 0 Å². The van der Waals surface area contributed by atoms with Crippen LogP contribution in [-0.2, 0) is 16.0 Å². The molecule has 18 heavy (non-hydrogen) atoms. The molecule has 3 rings (SSSR count). The zero-order valence-corrected chi connectivity index (χ0v) is 11.3. The molecule has 0 N–H and O–H groups in total. The van der Waals surface area contributed by atoms with Crippen LogP contribution in [0.1, 0.15) is 6.42 Å². The third-order valence-electron chi connectivity index (χ3n) is 2.61. The van der Waals surface area contributed by atoms with Crippen LogP contribution < -0.4 is 0 Å². The van der Waals surface area contributed by atoms with Crippen LogP contribution in [0.25, 0.3) is 11.1 Å². The van der Waals surface area contributed by atoms with Gasteiger partial charge in [-0.2, -0.15) is 0 Å². The van der Waals surface area contributed by atoms with Crippen LogP contribution >= 0.6 is 0 Å². The summed E-state index contributed by atoms with van der Waals surface area (Å²) in [6.07, 6.45) is 7.30. The molecule has 0 aromatic heterocycles. The van der Waals surface area contributed by atoms with E-state index in [-0.39, 0.29) is 0 Å². The second-order valence-corrected chi connectivity index (χ2v) is 4.74. The number of benzene rings is 2. The largest absolute Gasteiger partial charge is 0.0622 e. The van der Waals surface area contributed by atoms with Crippen LogP contribution in [-0.4, -0.2) is 0 Å². The molecule has 0 saturated heterocycles. The molecular weight excluding hydrogens is 259 g/mol. The molecule has 0 atom stereocenters. The molecule has 0 fully saturated rings. The van der Waals surface area contributed by atoms with Gasteiger partial charge < -0.3 is 0 Å². The Morgan fingerprint density at radius 2 is 1.22 bits per heavy atom. The summed E-state index contributed by atoms with van der Waals surface area (Å²) in [5.74, 6) is 0. The molecule has 2 aromatic rings. The van der Waals surface area contributed by atoms with Gasteiger partial charge in [0.15, 0.2) is 0 Å². The average Bonchev–Trinajstić information content (AvgIpc) is 2.93. The first-order valence-electron chi connectivity index (χ1n) is 5.98. The van der Waals surface area contributed by atoms with E-state index in [1.165, 1.54) is 15.6 Å². The Balaban J connectivity index is 0.000000169. The minimum Gasteiger partial charge on any atom is -0.0622 e. The van der Waals surface area contributed by atoms with Crippen LogP contribution in [0.4, 0.5) is 0 Å². The van der Waals surface area contributed by atoms with E-state index in [4.69, 9.17) is 0 Å². The van der Waals surface area contributed by atoms with E-state index >= 15 is 0 Å². The normalized spacial score (nSPS) is 12.6. The molecule has 0 bridgehead atoms. The van der Waals surface area contributed by atoms with Gasteiger partial charge >= 0.3 is 45.1 Å². The molecule has 1 aliphatic rings. The van der Waals surface area contributed by atoms with Crippen molar-refractivity contribution in [2.24, 2.45) is 0 Å². The van der Waals surface area contributed by atoms with Gasteiger partial charge in [-0.3, -0.25) is 0 Å². The zero-order chi connectivity index (χ0) is 12.6. The van der Waals surface area contributed by atoms with Crippen LogP contribution in [0, 0.1) is 0 Å². The third kappa shape index (κ3) is 4.03. The maximum absolute atomic E-state index is 3.34. The van der Waals surface area contributed by atoms with E-state index in [0.29, 0.717) is 0 Å². The molecule has 0 unspecified atom stereocenters. The van der Waals surface area contributed by atoms with E-state index in [0.717, 1.165) is 6.42 Å². The number of allylic oxidation sites excluding steroid dienone is 4. The number of rotatable bonds is 1. The molecule has 1 aliphatic carbocycles. The predicted molar refractivity (Wildman–Crippen MR) is 73.7 cm³/mol. The number of hydrogen-bond acceptors (Lipinski definition) is 0. The Kier molecular flexibility index (Phi) is 5.01. The molecule has 90 valence electrons. The predicted octanol–water partition coefficient (Wildman–Crippen LogP) is 4.73. The molecule has 0 saturated carbocycles. The zero-order valence-electron chi connectivity index (χ0n) is 10.1. The second-order valence-electron chi connectivity index (χ2n) is 3.98. The molecule has 1 heteroatoms. The van der Waals surface area contributed by atoms with Crippen molar-refractivity contribution in [1.82, 2.24) is 0 Å². The molecule has 0 amide bonds. The Hall–Kier alpha value is -1.56. The quantitative estimate of drug-likeness (QED) is 0.659. The Morgan fingerprint density at radius 1 is 0.722 bits per heavy atom. The maximum atomic E-state index is 3.34. The SMILES string of the molecule is [Mn][C]1=CC=CC1.c1ccc(-c2ccccc2)cc1. The van der Waals surface area contributed by atoms with Crippen molar-refractivity contribution in [1.29, 1.82) is 0 Å². The van der Waals surface area contributed by atoms with E-state index in [1.807, 2.05) is 18.2 Å². The minimum atomic E-state index is 1.08. The Morgan fingerprint density at radius 3 is 1.50 bits per heavy atom. The third-order valence-corrected chi connectivity index (χ3v) is 3.04. The van der Waals surface area contributed by atoms with E-state index in [2.05, 4.69) is 76.7 Å². The standard InChI is InChI=1S/C12H10.C5H5.Mn/c1-3-7-11(8-4-1)12-9-5-2-6-10-12;1-2-4-5-3-1;/h1-10H;1-3H,4H2;. The first-order valence-corrected chi connectivity index (χ1v) is 6.57. The average molecular weight is 274 g/mol. The van der Waals surface area contributed by atoms with Gasteiger partial charge in [0.1, 0.15) is 0 Å². The minimum absolute atomic E-state index is 1.08. The molecule has 0 aliphatic heterocycles. The number of hydrogen-bond donors (Lipinski definition) is 0. The Bertz CT molecular complexity index is 487. The van der Waals surface area contributed by atoms with Crippen molar-refractivity contribution >= 4 is 0 Å². The summed E-state index contributed by atoms with van der Waals surface area (Å²) >= 11 is 3.34. The molecule has 0 heterocycles. The molecular formula is C17H15Mn. The molecule has 0 spiro atoms. The second kappa shape index (κ2) is 7.00. The van der Waals surface area contributed by atoms with Gasteiger partial charge in [-0.1, -0.05) is 60.7 Å². The van der Waals surface area contributed by atoms with E-state index in [9.17, 15) is 0 Å².